The van der Waals surface area contributed by atoms with Crippen LogP contribution in [0.4, 0.5) is 5.82 Å². The first-order chi connectivity index (χ1) is 10.0. The number of primary amides is 1. The van der Waals surface area contributed by atoms with E-state index in [2.05, 4.69) is 22.2 Å². The summed E-state index contributed by atoms with van der Waals surface area (Å²) in [4.78, 5) is 29.8. The summed E-state index contributed by atoms with van der Waals surface area (Å²) in [5, 5.41) is 11.8. The Morgan fingerprint density at radius 1 is 1.29 bits per heavy atom. The van der Waals surface area contributed by atoms with Crippen LogP contribution in [0.15, 0.2) is 12.4 Å². The lowest BCUT2D eigenvalue weighted by atomic mass is 9.94. The van der Waals surface area contributed by atoms with E-state index in [0.717, 1.165) is 19.3 Å². The normalized spacial score (nSPS) is 11.9. The lowest BCUT2D eigenvalue weighted by molar-refractivity contribution is -0.137. The summed E-state index contributed by atoms with van der Waals surface area (Å²) in [7, 11) is 0. The molecule has 0 spiro atoms. The average molecular weight is 294 g/mol. The average Bonchev–Trinajstić information content (AvgIpc) is 2.45. The standard InChI is InChI=1S/C14H22N4O3/c1-2-3-10(4-5-11(19)20)6-7-17-14-12(13(15)21)16-8-9-18-14/h8-10H,2-7H2,1H3,(H2,15,21)(H,17,18)(H,19,20). The van der Waals surface area contributed by atoms with E-state index < -0.39 is 11.9 Å². The maximum Gasteiger partial charge on any atom is 0.303 e. The summed E-state index contributed by atoms with van der Waals surface area (Å²) in [5.74, 6) is -0.679. The fourth-order valence-electron chi connectivity index (χ4n) is 2.21. The second-order valence-electron chi connectivity index (χ2n) is 4.92. The second kappa shape index (κ2) is 8.89. The molecule has 0 saturated carbocycles. The number of hydrogen-bond donors (Lipinski definition) is 3. The van der Waals surface area contributed by atoms with Crippen LogP contribution < -0.4 is 11.1 Å². The Balaban J connectivity index is 2.50. The smallest absolute Gasteiger partial charge is 0.303 e. The van der Waals surface area contributed by atoms with Crippen molar-refractivity contribution in [2.45, 2.75) is 39.0 Å². The van der Waals surface area contributed by atoms with E-state index in [1.165, 1.54) is 12.4 Å². The number of carboxylic acids is 1. The first-order valence-electron chi connectivity index (χ1n) is 7.11. The summed E-state index contributed by atoms with van der Waals surface area (Å²) in [6.45, 7) is 2.68. The number of aromatic nitrogens is 2. The van der Waals surface area contributed by atoms with Crippen molar-refractivity contribution in [3.05, 3.63) is 18.1 Å². The van der Waals surface area contributed by atoms with Crippen molar-refractivity contribution in [1.29, 1.82) is 0 Å². The highest BCUT2D eigenvalue weighted by molar-refractivity contribution is 5.95. The molecule has 1 amide bonds. The van der Waals surface area contributed by atoms with Gasteiger partial charge >= 0.3 is 5.97 Å². The number of nitrogens with two attached hydrogens (primary N) is 1. The number of nitrogens with one attached hydrogen (secondary N) is 1. The third-order valence-electron chi connectivity index (χ3n) is 3.24. The molecule has 0 saturated heterocycles. The molecule has 116 valence electrons. The van der Waals surface area contributed by atoms with Crippen LogP contribution in [0, 0.1) is 5.92 Å². The van der Waals surface area contributed by atoms with Gasteiger partial charge in [-0.1, -0.05) is 19.8 Å². The molecule has 0 aliphatic rings. The van der Waals surface area contributed by atoms with Crippen molar-refractivity contribution in [1.82, 2.24) is 9.97 Å². The summed E-state index contributed by atoms with van der Waals surface area (Å²) in [5.41, 5.74) is 5.35. The van der Waals surface area contributed by atoms with E-state index in [0.29, 0.717) is 24.7 Å². The monoisotopic (exact) mass is 294 g/mol. The van der Waals surface area contributed by atoms with Gasteiger partial charge in [-0.15, -0.1) is 0 Å². The van der Waals surface area contributed by atoms with Gasteiger partial charge in [0, 0.05) is 25.4 Å². The second-order valence-corrected chi connectivity index (χ2v) is 4.92. The predicted octanol–water partition coefficient (Wildman–Crippen LogP) is 1.66. The van der Waals surface area contributed by atoms with E-state index in [9.17, 15) is 9.59 Å². The van der Waals surface area contributed by atoms with Crippen LogP contribution in [-0.4, -0.2) is 33.5 Å². The zero-order chi connectivity index (χ0) is 15.7. The molecule has 1 rings (SSSR count). The van der Waals surface area contributed by atoms with Crippen LogP contribution in [0.25, 0.3) is 0 Å². The van der Waals surface area contributed by atoms with Crippen molar-refractivity contribution < 1.29 is 14.7 Å². The molecule has 7 heteroatoms. The Morgan fingerprint density at radius 3 is 2.62 bits per heavy atom. The van der Waals surface area contributed by atoms with Crippen molar-refractivity contribution in [2.75, 3.05) is 11.9 Å². The zero-order valence-corrected chi connectivity index (χ0v) is 12.2. The lowest BCUT2D eigenvalue weighted by Crippen LogP contribution is -2.18. The number of anilines is 1. The van der Waals surface area contributed by atoms with Crippen molar-refractivity contribution in [3.8, 4) is 0 Å². The van der Waals surface area contributed by atoms with Crippen LogP contribution in [0.2, 0.25) is 0 Å². The molecule has 4 N–H and O–H groups in total. The molecule has 0 radical (unpaired) electrons. The molecule has 0 bridgehead atoms. The van der Waals surface area contributed by atoms with Gasteiger partial charge in [-0.3, -0.25) is 9.59 Å². The van der Waals surface area contributed by atoms with Gasteiger partial charge in [0.25, 0.3) is 5.91 Å². The number of hydrogen-bond acceptors (Lipinski definition) is 5. The highest BCUT2D eigenvalue weighted by Crippen LogP contribution is 2.18. The van der Waals surface area contributed by atoms with Gasteiger partial charge in [-0.05, 0) is 18.8 Å². The topological polar surface area (TPSA) is 118 Å². The van der Waals surface area contributed by atoms with Gasteiger partial charge in [-0.25, -0.2) is 9.97 Å². The fourth-order valence-corrected chi connectivity index (χ4v) is 2.21. The van der Waals surface area contributed by atoms with E-state index in [1.54, 1.807) is 0 Å². The Morgan fingerprint density at radius 2 is 2.00 bits per heavy atom. The fraction of sp³-hybridized carbons (Fsp3) is 0.571. The van der Waals surface area contributed by atoms with Crippen LogP contribution in [0.3, 0.4) is 0 Å². The molecule has 0 aliphatic heterocycles. The van der Waals surface area contributed by atoms with Crippen LogP contribution in [0.1, 0.15) is 49.5 Å². The molecule has 0 aromatic carbocycles. The minimum Gasteiger partial charge on any atom is -0.481 e. The molecule has 1 unspecified atom stereocenters. The summed E-state index contributed by atoms with van der Waals surface area (Å²) in [6, 6.07) is 0. The molecular weight excluding hydrogens is 272 g/mol. The quantitative estimate of drug-likeness (QED) is 0.604. The molecular formula is C14H22N4O3. The maximum atomic E-state index is 11.2. The van der Waals surface area contributed by atoms with Crippen molar-refractivity contribution >= 4 is 17.7 Å². The number of nitrogens with zero attached hydrogens (tertiary/aromatic N) is 2. The van der Waals surface area contributed by atoms with E-state index in [4.69, 9.17) is 10.8 Å². The van der Waals surface area contributed by atoms with Crippen molar-refractivity contribution in [3.63, 3.8) is 0 Å². The highest BCUT2D eigenvalue weighted by Gasteiger charge is 2.13. The SMILES string of the molecule is CCCC(CCNc1nccnc1C(N)=O)CCC(=O)O. The van der Waals surface area contributed by atoms with Crippen LogP contribution in [0.5, 0.6) is 0 Å². The third kappa shape index (κ3) is 6.20. The number of carboxylic acid groups (broad SMARTS) is 1. The predicted molar refractivity (Wildman–Crippen MR) is 78.9 cm³/mol. The maximum absolute atomic E-state index is 11.2. The summed E-state index contributed by atoms with van der Waals surface area (Å²) >= 11 is 0. The molecule has 1 heterocycles. The lowest BCUT2D eigenvalue weighted by Gasteiger charge is -2.16. The summed E-state index contributed by atoms with van der Waals surface area (Å²) < 4.78 is 0. The van der Waals surface area contributed by atoms with Gasteiger partial charge in [0.15, 0.2) is 11.5 Å². The minimum atomic E-state index is -0.769. The number of carbonyl (C=O) groups excluding carboxylic acids is 1. The van der Waals surface area contributed by atoms with E-state index >= 15 is 0 Å². The first-order valence-corrected chi connectivity index (χ1v) is 7.11. The van der Waals surface area contributed by atoms with Gasteiger partial charge in [0.2, 0.25) is 0 Å². The number of aliphatic carboxylic acids is 1. The number of rotatable bonds is 10. The minimum absolute atomic E-state index is 0.120. The van der Waals surface area contributed by atoms with Crippen LogP contribution >= 0.6 is 0 Å². The Hall–Kier alpha value is -2.18. The highest BCUT2D eigenvalue weighted by atomic mass is 16.4. The van der Waals surface area contributed by atoms with Gasteiger partial charge in [0.05, 0.1) is 0 Å². The Bertz CT molecular complexity index is 479. The van der Waals surface area contributed by atoms with Gasteiger partial charge in [0.1, 0.15) is 0 Å². The third-order valence-corrected chi connectivity index (χ3v) is 3.24. The summed E-state index contributed by atoms with van der Waals surface area (Å²) in [6.07, 6.45) is 6.56. The Labute approximate surface area is 124 Å². The number of amides is 1. The molecule has 0 fully saturated rings. The van der Waals surface area contributed by atoms with E-state index in [1.807, 2.05) is 0 Å². The molecule has 0 aliphatic carbocycles. The largest absolute Gasteiger partial charge is 0.481 e. The number of carbonyl (C=O) groups is 2. The van der Waals surface area contributed by atoms with Crippen LogP contribution in [-0.2, 0) is 4.79 Å². The van der Waals surface area contributed by atoms with Gasteiger partial charge in [-0.2, -0.15) is 0 Å². The van der Waals surface area contributed by atoms with Gasteiger partial charge < -0.3 is 16.2 Å². The van der Waals surface area contributed by atoms with E-state index in [-0.39, 0.29) is 12.1 Å². The first kappa shape index (κ1) is 16.9. The Kier molecular flexibility index (Phi) is 7.14. The molecule has 21 heavy (non-hydrogen) atoms. The molecule has 1 atom stereocenters. The molecule has 1 aromatic rings. The van der Waals surface area contributed by atoms with Crippen molar-refractivity contribution in [2.24, 2.45) is 11.7 Å². The molecule has 1 aromatic heterocycles. The molecule has 7 nitrogen and oxygen atoms in total. The zero-order valence-electron chi connectivity index (χ0n) is 12.2.